The maximum Gasteiger partial charge on any atom is 0.346 e. The molecule has 0 saturated carbocycles. The van der Waals surface area contributed by atoms with Crippen LogP contribution < -0.4 is 5.32 Å². The molecule has 0 bridgehead atoms. The van der Waals surface area contributed by atoms with E-state index in [1.165, 1.54) is 18.2 Å². The van der Waals surface area contributed by atoms with Gasteiger partial charge in [-0.05, 0) is 35.7 Å². The van der Waals surface area contributed by atoms with Crippen LogP contribution in [0.5, 0.6) is 0 Å². The minimum absolute atomic E-state index is 0.103. The number of carboxylic acids is 1. The number of carbonyl (C=O) groups excluding carboxylic acids is 1. The highest BCUT2D eigenvalue weighted by Gasteiger charge is 2.34. The van der Waals surface area contributed by atoms with Crippen molar-refractivity contribution in [2.24, 2.45) is 0 Å². The summed E-state index contributed by atoms with van der Waals surface area (Å²) in [7, 11) is 0. The van der Waals surface area contributed by atoms with Gasteiger partial charge in [-0.15, -0.1) is 11.3 Å². The fraction of sp³-hybridized carbons (Fsp3) is 0.143. The Balaban J connectivity index is 1.97. The molecule has 0 spiro atoms. The molecule has 2 N–H and O–H groups in total. The number of aryl methyl sites for hydroxylation is 1. The van der Waals surface area contributed by atoms with Crippen LogP contribution in [-0.4, -0.2) is 17.0 Å². The zero-order valence-corrected chi connectivity index (χ0v) is 15.3. The van der Waals surface area contributed by atoms with E-state index >= 15 is 0 Å². The van der Waals surface area contributed by atoms with Crippen LogP contribution in [0.1, 0.15) is 38.0 Å². The number of thiophene rings is 1. The normalized spacial score (nSPS) is 15.9. The van der Waals surface area contributed by atoms with E-state index in [1.807, 2.05) is 31.2 Å². The molecule has 3 aromatic rings. The van der Waals surface area contributed by atoms with Gasteiger partial charge in [0.05, 0.1) is 5.69 Å². The van der Waals surface area contributed by atoms with Crippen molar-refractivity contribution in [1.82, 2.24) is 0 Å². The zero-order chi connectivity index (χ0) is 19.1. The van der Waals surface area contributed by atoms with Crippen molar-refractivity contribution in [3.8, 4) is 11.1 Å². The standard InChI is InChI=1S/C21H16FNO3S/c1-11-5-2-3-8-14(11)15-10-16(24)23-18-17(12-6-4-7-13(22)9-12)20(21(25)26)27-19(15)18/h2-9,15H,10H2,1H3,(H,23,24)(H,25,26)/t15-/m0/s1. The number of carboxylic acid groups (broad SMARTS) is 1. The van der Waals surface area contributed by atoms with Crippen LogP contribution in [-0.2, 0) is 4.79 Å². The Hall–Kier alpha value is -2.99. The first kappa shape index (κ1) is 17.4. The quantitative estimate of drug-likeness (QED) is 0.668. The second kappa shape index (κ2) is 6.63. The lowest BCUT2D eigenvalue weighted by molar-refractivity contribution is -0.116. The van der Waals surface area contributed by atoms with Gasteiger partial charge in [0.2, 0.25) is 5.91 Å². The molecule has 136 valence electrons. The Morgan fingerprint density at radius 2 is 2.00 bits per heavy atom. The molecule has 4 rings (SSSR count). The molecule has 0 unspecified atom stereocenters. The maximum absolute atomic E-state index is 13.8. The summed E-state index contributed by atoms with van der Waals surface area (Å²) >= 11 is 1.15. The zero-order valence-electron chi connectivity index (χ0n) is 14.5. The predicted octanol–water partition coefficient (Wildman–Crippen LogP) is 5.03. The average molecular weight is 381 g/mol. The van der Waals surface area contributed by atoms with E-state index in [1.54, 1.807) is 6.07 Å². The van der Waals surface area contributed by atoms with Crippen LogP contribution >= 0.6 is 11.3 Å². The highest BCUT2D eigenvalue weighted by molar-refractivity contribution is 7.15. The number of rotatable bonds is 3. The van der Waals surface area contributed by atoms with Gasteiger partial charge in [-0.25, -0.2) is 9.18 Å². The van der Waals surface area contributed by atoms with E-state index in [0.717, 1.165) is 27.3 Å². The van der Waals surface area contributed by atoms with Crippen LogP contribution in [0.15, 0.2) is 48.5 Å². The van der Waals surface area contributed by atoms with E-state index in [-0.39, 0.29) is 23.1 Å². The van der Waals surface area contributed by atoms with E-state index in [9.17, 15) is 19.1 Å². The minimum atomic E-state index is -1.09. The van der Waals surface area contributed by atoms with Crippen molar-refractivity contribution in [2.75, 3.05) is 5.32 Å². The number of carbonyl (C=O) groups is 2. The summed E-state index contributed by atoms with van der Waals surface area (Å²) in [5, 5.41) is 12.6. The lowest BCUT2D eigenvalue weighted by atomic mass is 9.86. The third kappa shape index (κ3) is 3.02. The molecule has 27 heavy (non-hydrogen) atoms. The van der Waals surface area contributed by atoms with Gasteiger partial charge in [0.1, 0.15) is 10.7 Å². The van der Waals surface area contributed by atoms with Crippen LogP contribution in [0.2, 0.25) is 0 Å². The van der Waals surface area contributed by atoms with Crippen LogP contribution in [0.4, 0.5) is 10.1 Å². The van der Waals surface area contributed by atoms with E-state index in [0.29, 0.717) is 16.8 Å². The number of nitrogens with one attached hydrogen (secondary N) is 1. The van der Waals surface area contributed by atoms with Gasteiger partial charge in [0.15, 0.2) is 0 Å². The van der Waals surface area contributed by atoms with Crippen molar-refractivity contribution < 1.29 is 19.1 Å². The number of fused-ring (bicyclic) bond motifs is 1. The number of amides is 1. The van der Waals surface area contributed by atoms with Gasteiger partial charge in [0.25, 0.3) is 0 Å². The number of halogens is 1. The fourth-order valence-corrected chi connectivity index (χ4v) is 4.82. The Morgan fingerprint density at radius 3 is 2.70 bits per heavy atom. The summed E-state index contributed by atoms with van der Waals surface area (Å²) < 4.78 is 13.8. The molecular weight excluding hydrogens is 365 g/mol. The molecule has 1 amide bonds. The van der Waals surface area contributed by atoms with Gasteiger partial charge >= 0.3 is 5.97 Å². The first-order valence-electron chi connectivity index (χ1n) is 8.47. The summed E-state index contributed by atoms with van der Waals surface area (Å²) in [6.45, 7) is 1.97. The van der Waals surface area contributed by atoms with Gasteiger partial charge in [-0.2, -0.15) is 0 Å². The molecule has 0 saturated heterocycles. The van der Waals surface area contributed by atoms with E-state index < -0.39 is 11.8 Å². The first-order chi connectivity index (χ1) is 13.0. The Labute approximate surface area is 159 Å². The highest BCUT2D eigenvalue weighted by Crippen LogP contribution is 2.49. The van der Waals surface area contributed by atoms with Gasteiger partial charge in [0, 0.05) is 22.8 Å². The van der Waals surface area contributed by atoms with Crippen molar-refractivity contribution in [3.63, 3.8) is 0 Å². The number of aromatic carboxylic acids is 1. The minimum Gasteiger partial charge on any atom is -0.477 e. The number of hydrogen-bond acceptors (Lipinski definition) is 3. The third-order valence-corrected chi connectivity index (χ3v) is 6.07. The Kier molecular flexibility index (Phi) is 4.28. The third-order valence-electron chi connectivity index (χ3n) is 4.78. The smallest absolute Gasteiger partial charge is 0.346 e. The topological polar surface area (TPSA) is 66.4 Å². The molecule has 1 aliphatic heterocycles. The number of hydrogen-bond donors (Lipinski definition) is 2. The molecular formula is C21H16FNO3S. The molecule has 0 aliphatic carbocycles. The van der Waals surface area contributed by atoms with Gasteiger partial charge in [-0.3, -0.25) is 4.79 Å². The SMILES string of the molecule is Cc1ccccc1[C@@H]1CC(=O)Nc2c1sc(C(=O)O)c2-c1cccc(F)c1. The molecule has 1 aliphatic rings. The van der Waals surface area contributed by atoms with Gasteiger partial charge < -0.3 is 10.4 Å². The average Bonchev–Trinajstić information content (AvgIpc) is 3.01. The summed E-state index contributed by atoms with van der Waals surface area (Å²) in [6.07, 6.45) is 0.250. The molecule has 2 heterocycles. The molecule has 0 fully saturated rings. The lowest BCUT2D eigenvalue weighted by Gasteiger charge is -2.25. The van der Waals surface area contributed by atoms with Gasteiger partial charge in [-0.1, -0.05) is 36.4 Å². The maximum atomic E-state index is 13.8. The van der Waals surface area contributed by atoms with Crippen molar-refractivity contribution in [3.05, 3.63) is 75.2 Å². The molecule has 6 heteroatoms. The lowest BCUT2D eigenvalue weighted by Crippen LogP contribution is -2.22. The summed E-state index contributed by atoms with van der Waals surface area (Å²) in [6, 6.07) is 13.6. The molecule has 1 aromatic heterocycles. The van der Waals surface area contributed by atoms with Crippen LogP contribution in [0.3, 0.4) is 0 Å². The van der Waals surface area contributed by atoms with Crippen molar-refractivity contribution >= 4 is 28.9 Å². The molecule has 0 radical (unpaired) electrons. The summed E-state index contributed by atoms with van der Waals surface area (Å²) in [5.74, 6) is -1.95. The molecule has 4 nitrogen and oxygen atoms in total. The first-order valence-corrected chi connectivity index (χ1v) is 9.28. The predicted molar refractivity (Wildman–Crippen MR) is 103 cm³/mol. The monoisotopic (exact) mass is 381 g/mol. The number of benzene rings is 2. The van der Waals surface area contributed by atoms with Crippen molar-refractivity contribution in [2.45, 2.75) is 19.3 Å². The second-order valence-electron chi connectivity index (χ2n) is 6.52. The second-order valence-corrected chi connectivity index (χ2v) is 7.57. The van der Waals surface area contributed by atoms with Crippen LogP contribution in [0.25, 0.3) is 11.1 Å². The molecule has 1 atom stereocenters. The van der Waals surface area contributed by atoms with E-state index in [2.05, 4.69) is 5.32 Å². The number of anilines is 1. The highest BCUT2D eigenvalue weighted by atomic mass is 32.1. The van der Waals surface area contributed by atoms with E-state index in [4.69, 9.17) is 0 Å². The van der Waals surface area contributed by atoms with Crippen LogP contribution in [0, 0.1) is 12.7 Å². The van der Waals surface area contributed by atoms with Crippen molar-refractivity contribution in [1.29, 1.82) is 0 Å². The molecule has 2 aromatic carbocycles. The summed E-state index contributed by atoms with van der Waals surface area (Å²) in [4.78, 5) is 25.2. The Bertz CT molecular complexity index is 1070. The summed E-state index contributed by atoms with van der Waals surface area (Å²) in [5.41, 5.74) is 3.33. The fourth-order valence-electron chi connectivity index (χ4n) is 3.59. The largest absolute Gasteiger partial charge is 0.477 e. The Morgan fingerprint density at radius 1 is 1.22 bits per heavy atom.